The molecule has 2 aromatic rings. The van der Waals surface area contributed by atoms with E-state index >= 15 is 0 Å². The van der Waals surface area contributed by atoms with E-state index in [1.54, 1.807) is 11.3 Å². The van der Waals surface area contributed by atoms with Gasteiger partial charge in [0, 0.05) is 37.0 Å². The van der Waals surface area contributed by atoms with Crippen molar-refractivity contribution in [1.82, 2.24) is 10.2 Å². The van der Waals surface area contributed by atoms with Crippen LogP contribution in [0.4, 0.5) is 0 Å². The number of aliphatic hydroxyl groups excluding tert-OH is 1. The van der Waals surface area contributed by atoms with Crippen LogP contribution in [0.2, 0.25) is 0 Å². The Labute approximate surface area is 147 Å². The average molecular weight is 344 g/mol. The Morgan fingerprint density at radius 1 is 1.33 bits per heavy atom. The maximum atomic E-state index is 12.5. The van der Waals surface area contributed by atoms with E-state index in [4.69, 9.17) is 0 Å². The van der Waals surface area contributed by atoms with Crippen LogP contribution in [0.5, 0.6) is 0 Å². The summed E-state index contributed by atoms with van der Waals surface area (Å²) >= 11 is 1.54. The van der Waals surface area contributed by atoms with E-state index < -0.39 is 0 Å². The summed E-state index contributed by atoms with van der Waals surface area (Å²) in [7, 11) is 0. The van der Waals surface area contributed by atoms with Gasteiger partial charge in [-0.2, -0.15) is 11.3 Å². The lowest BCUT2D eigenvalue weighted by Crippen LogP contribution is -2.53. The first-order chi connectivity index (χ1) is 11.7. The fraction of sp³-hybridized carbons (Fsp3) is 0.421. The van der Waals surface area contributed by atoms with Crippen LogP contribution in [0.3, 0.4) is 0 Å². The zero-order valence-corrected chi connectivity index (χ0v) is 14.8. The molecule has 1 amide bonds. The molecule has 2 heterocycles. The maximum Gasteiger partial charge on any atom is 0.252 e. The molecule has 0 unspecified atom stereocenters. The second kappa shape index (κ2) is 7.92. The van der Waals surface area contributed by atoms with Gasteiger partial charge in [-0.05, 0) is 36.4 Å². The molecule has 128 valence electrons. The van der Waals surface area contributed by atoms with Crippen LogP contribution in [0.15, 0.2) is 41.1 Å². The molecule has 0 saturated carbocycles. The van der Waals surface area contributed by atoms with Crippen LogP contribution >= 0.6 is 11.3 Å². The van der Waals surface area contributed by atoms with Crippen molar-refractivity contribution >= 4 is 17.2 Å². The predicted octanol–water partition coefficient (Wildman–Crippen LogP) is 2.67. The molecule has 5 heteroatoms. The topological polar surface area (TPSA) is 52.6 Å². The first-order valence-electron chi connectivity index (χ1n) is 8.38. The van der Waals surface area contributed by atoms with Crippen molar-refractivity contribution in [3.05, 3.63) is 57.8 Å². The lowest BCUT2D eigenvalue weighted by Gasteiger charge is -2.38. The standard InChI is InChI=1S/C19H24N2O2S/c1-14-12-24-13-17(14)19(23)20-18-10-21(8-7-16(18)11-22)9-15-5-3-2-4-6-15/h2-6,12-13,16,18,22H,7-11H2,1H3,(H,20,23)/t16-,18+/m0/s1. The van der Waals surface area contributed by atoms with Gasteiger partial charge in [0.25, 0.3) is 5.91 Å². The van der Waals surface area contributed by atoms with E-state index in [2.05, 4.69) is 34.5 Å². The van der Waals surface area contributed by atoms with Gasteiger partial charge in [0.15, 0.2) is 0 Å². The van der Waals surface area contributed by atoms with Crippen molar-refractivity contribution in [3.63, 3.8) is 0 Å². The Kier molecular flexibility index (Phi) is 5.66. The zero-order valence-electron chi connectivity index (χ0n) is 13.9. The molecule has 1 aliphatic heterocycles. The summed E-state index contributed by atoms with van der Waals surface area (Å²) < 4.78 is 0. The molecule has 1 aliphatic rings. The number of carbonyl (C=O) groups excluding carboxylic acids is 1. The quantitative estimate of drug-likeness (QED) is 0.877. The Morgan fingerprint density at radius 3 is 2.79 bits per heavy atom. The molecule has 24 heavy (non-hydrogen) atoms. The van der Waals surface area contributed by atoms with Gasteiger partial charge in [-0.1, -0.05) is 30.3 Å². The second-order valence-corrected chi connectivity index (χ2v) is 7.24. The third-order valence-electron chi connectivity index (χ3n) is 4.74. The molecule has 3 rings (SSSR count). The number of aryl methyl sites for hydroxylation is 1. The van der Waals surface area contributed by atoms with E-state index in [1.807, 2.05) is 23.8 Å². The molecule has 1 fully saturated rings. The summed E-state index contributed by atoms with van der Waals surface area (Å²) in [6.45, 7) is 4.67. The molecular formula is C19H24N2O2S. The monoisotopic (exact) mass is 344 g/mol. The largest absolute Gasteiger partial charge is 0.396 e. The first kappa shape index (κ1) is 17.1. The van der Waals surface area contributed by atoms with E-state index in [0.29, 0.717) is 0 Å². The predicted molar refractivity (Wildman–Crippen MR) is 97.2 cm³/mol. The van der Waals surface area contributed by atoms with E-state index in [1.165, 1.54) is 5.56 Å². The molecule has 1 aromatic carbocycles. The van der Waals surface area contributed by atoms with Crippen LogP contribution in [-0.2, 0) is 6.54 Å². The fourth-order valence-corrected chi connectivity index (χ4v) is 4.10. The molecule has 0 bridgehead atoms. The van der Waals surface area contributed by atoms with Crippen molar-refractivity contribution in [2.75, 3.05) is 19.7 Å². The third kappa shape index (κ3) is 4.04. The Hall–Kier alpha value is -1.69. The Balaban J connectivity index is 1.65. The molecule has 2 atom stereocenters. The summed E-state index contributed by atoms with van der Waals surface area (Å²) in [5, 5.41) is 16.7. The van der Waals surface area contributed by atoms with E-state index in [9.17, 15) is 9.90 Å². The minimum absolute atomic E-state index is 0.0146. The molecule has 1 aromatic heterocycles. The van der Waals surface area contributed by atoms with Crippen LogP contribution in [0.25, 0.3) is 0 Å². The number of hydrogen-bond donors (Lipinski definition) is 2. The number of rotatable bonds is 5. The van der Waals surface area contributed by atoms with Crippen molar-refractivity contribution in [2.45, 2.75) is 25.9 Å². The van der Waals surface area contributed by atoms with Crippen molar-refractivity contribution < 1.29 is 9.90 Å². The minimum Gasteiger partial charge on any atom is -0.396 e. The molecule has 2 N–H and O–H groups in total. The van der Waals surface area contributed by atoms with Gasteiger partial charge in [-0.3, -0.25) is 9.69 Å². The maximum absolute atomic E-state index is 12.5. The van der Waals surface area contributed by atoms with Gasteiger partial charge in [0.2, 0.25) is 0 Å². The minimum atomic E-state index is -0.0289. The molecule has 0 radical (unpaired) electrons. The summed E-state index contributed by atoms with van der Waals surface area (Å²) in [4.78, 5) is 14.9. The number of hydrogen-bond acceptors (Lipinski definition) is 4. The zero-order chi connectivity index (χ0) is 16.9. The molecule has 1 saturated heterocycles. The third-order valence-corrected chi connectivity index (χ3v) is 5.60. The number of thiophene rings is 1. The lowest BCUT2D eigenvalue weighted by atomic mass is 9.91. The van der Waals surface area contributed by atoms with Crippen LogP contribution in [-0.4, -0.2) is 41.7 Å². The number of carbonyl (C=O) groups is 1. The van der Waals surface area contributed by atoms with Gasteiger partial charge in [0.1, 0.15) is 0 Å². The van der Waals surface area contributed by atoms with Crippen molar-refractivity contribution in [1.29, 1.82) is 0 Å². The number of nitrogens with one attached hydrogen (secondary N) is 1. The second-order valence-electron chi connectivity index (χ2n) is 6.50. The van der Waals surface area contributed by atoms with Gasteiger partial charge < -0.3 is 10.4 Å². The lowest BCUT2D eigenvalue weighted by molar-refractivity contribution is 0.0730. The SMILES string of the molecule is Cc1cscc1C(=O)N[C@@H]1CN(Cc2ccccc2)CC[C@H]1CO. The van der Waals surface area contributed by atoms with E-state index in [-0.39, 0.29) is 24.5 Å². The Bertz CT molecular complexity index is 671. The number of aliphatic hydroxyl groups is 1. The Morgan fingerprint density at radius 2 is 2.12 bits per heavy atom. The van der Waals surface area contributed by atoms with Gasteiger partial charge in [0.05, 0.1) is 5.56 Å². The van der Waals surface area contributed by atoms with Crippen molar-refractivity contribution in [2.24, 2.45) is 5.92 Å². The highest BCUT2D eigenvalue weighted by Crippen LogP contribution is 2.21. The number of benzene rings is 1. The van der Waals surface area contributed by atoms with Gasteiger partial charge >= 0.3 is 0 Å². The normalized spacial score (nSPS) is 21.6. The number of amides is 1. The highest BCUT2D eigenvalue weighted by Gasteiger charge is 2.30. The highest BCUT2D eigenvalue weighted by molar-refractivity contribution is 7.08. The summed E-state index contributed by atoms with van der Waals surface area (Å²) in [5.74, 6) is 0.0960. The number of likely N-dealkylation sites (tertiary alicyclic amines) is 1. The molecular weight excluding hydrogens is 320 g/mol. The fourth-order valence-electron chi connectivity index (χ4n) is 3.27. The summed E-state index contributed by atoms with van der Waals surface area (Å²) in [5.41, 5.74) is 3.03. The van der Waals surface area contributed by atoms with Crippen molar-refractivity contribution in [3.8, 4) is 0 Å². The van der Waals surface area contributed by atoms with Crippen LogP contribution in [0, 0.1) is 12.8 Å². The highest BCUT2D eigenvalue weighted by atomic mass is 32.1. The van der Waals surface area contributed by atoms with E-state index in [0.717, 1.165) is 37.2 Å². The summed E-state index contributed by atoms with van der Waals surface area (Å²) in [6.07, 6.45) is 0.900. The smallest absolute Gasteiger partial charge is 0.252 e. The summed E-state index contributed by atoms with van der Waals surface area (Å²) in [6, 6.07) is 10.4. The van der Waals surface area contributed by atoms with Crippen LogP contribution < -0.4 is 5.32 Å². The van der Waals surface area contributed by atoms with Gasteiger partial charge in [-0.25, -0.2) is 0 Å². The van der Waals surface area contributed by atoms with Gasteiger partial charge in [-0.15, -0.1) is 0 Å². The molecule has 0 aliphatic carbocycles. The number of nitrogens with zero attached hydrogens (tertiary/aromatic N) is 1. The van der Waals surface area contributed by atoms with Crippen LogP contribution in [0.1, 0.15) is 27.9 Å². The first-order valence-corrected chi connectivity index (χ1v) is 9.32. The average Bonchev–Trinajstić information content (AvgIpc) is 3.02. The molecule has 4 nitrogen and oxygen atoms in total. The number of piperidine rings is 1. The molecule has 0 spiro atoms.